The topological polar surface area (TPSA) is 29.5 Å². The summed E-state index contributed by atoms with van der Waals surface area (Å²) >= 11 is 2.96. The first-order valence-electron chi connectivity index (χ1n) is 7.55. The van der Waals surface area contributed by atoms with E-state index in [1.807, 2.05) is 0 Å². The Bertz CT molecular complexity index is 483. The van der Waals surface area contributed by atoms with Crippen LogP contribution in [-0.2, 0) is 6.18 Å². The van der Waals surface area contributed by atoms with Crippen molar-refractivity contribution in [2.24, 2.45) is 5.92 Å². The average molecular weight is 381 g/mol. The molecule has 0 bridgehead atoms. The second-order valence-corrected chi connectivity index (χ2v) is 6.59. The van der Waals surface area contributed by atoms with Gasteiger partial charge in [-0.05, 0) is 56.6 Å². The molecule has 1 aromatic rings. The molecule has 0 atom stereocenters. The molecule has 1 fully saturated rings. The number of benzene rings is 1. The van der Waals surface area contributed by atoms with Gasteiger partial charge in [-0.25, -0.2) is 0 Å². The second kappa shape index (κ2) is 7.68. The number of hydrogen-bond acceptors (Lipinski definition) is 2. The highest BCUT2D eigenvalue weighted by molar-refractivity contribution is 9.10. The molecule has 0 aromatic heterocycles. The highest BCUT2D eigenvalue weighted by Crippen LogP contribution is 2.42. The molecule has 1 aliphatic rings. The molecule has 2 rings (SSSR count). The van der Waals surface area contributed by atoms with Crippen molar-refractivity contribution in [3.05, 3.63) is 28.2 Å². The molecule has 0 spiro atoms. The molecule has 6 heteroatoms. The molecule has 2 nitrogen and oxygen atoms in total. The molecule has 1 N–H and O–H groups in total. The molecule has 0 heterocycles. The molecule has 1 aromatic carbocycles. The van der Waals surface area contributed by atoms with Crippen molar-refractivity contribution in [1.29, 1.82) is 0 Å². The lowest BCUT2D eigenvalue weighted by Crippen LogP contribution is -2.25. The molecule has 0 saturated heterocycles. The minimum Gasteiger partial charge on any atom is -0.490 e. The Morgan fingerprint density at radius 2 is 1.86 bits per heavy atom. The van der Waals surface area contributed by atoms with E-state index in [1.165, 1.54) is 12.1 Å². The summed E-state index contributed by atoms with van der Waals surface area (Å²) in [5, 5.41) is 8.84. The van der Waals surface area contributed by atoms with E-state index in [-0.39, 0.29) is 22.9 Å². The number of hydrogen-bond donors (Lipinski definition) is 1. The molecular weight excluding hydrogens is 361 g/mol. The summed E-state index contributed by atoms with van der Waals surface area (Å²) < 4.78 is 45.0. The van der Waals surface area contributed by atoms with E-state index in [0.29, 0.717) is 5.92 Å². The maximum absolute atomic E-state index is 13.1. The Morgan fingerprint density at radius 1 is 1.18 bits per heavy atom. The van der Waals surface area contributed by atoms with Crippen LogP contribution in [0.15, 0.2) is 22.7 Å². The summed E-state index contributed by atoms with van der Waals surface area (Å²) in [6.07, 6.45) is 0.586. The summed E-state index contributed by atoms with van der Waals surface area (Å²) in [5.41, 5.74) is -0.739. The third-order valence-electron chi connectivity index (χ3n) is 4.12. The molecule has 0 aliphatic heterocycles. The first-order chi connectivity index (χ1) is 10.4. The van der Waals surface area contributed by atoms with E-state index < -0.39 is 11.7 Å². The van der Waals surface area contributed by atoms with Gasteiger partial charge in [-0.3, -0.25) is 0 Å². The number of aliphatic hydroxyl groups is 1. The molecule has 0 unspecified atom stereocenters. The van der Waals surface area contributed by atoms with E-state index in [2.05, 4.69) is 15.9 Å². The zero-order valence-corrected chi connectivity index (χ0v) is 13.8. The van der Waals surface area contributed by atoms with Gasteiger partial charge in [-0.15, -0.1) is 0 Å². The number of halogens is 4. The van der Waals surface area contributed by atoms with Crippen LogP contribution in [0.5, 0.6) is 5.75 Å². The summed E-state index contributed by atoms with van der Waals surface area (Å²) in [7, 11) is 0. The lowest BCUT2D eigenvalue weighted by molar-refractivity contribution is -0.140. The number of ether oxygens (including phenoxy) is 1. The van der Waals surface area contributed by atoms with Crippen LogP contribution in [0.1, 0.15) is 44.1 Å². The Hall–Kier alpha value is -0.750. The summed E-state index contributed by atoms with van der Waals surface area (Å²) in [5.74, 6) is 0.456. The first kappa shape index (κ1) is 17.6. The van der Waals surface area contributed by atoms with E-state index in [9.17, 15) is 13.2 Å². The lowest BCUT2D eigenvalue weighted by Gasteiger charge is -2.29. The van der Waals surface area contributed by atoms with Crippen LogP contribution in [0, 0.1) is 5.92 Å². The number of alkyl halides is 3. The second-order valence-electron chi connectivity index (χ2n) is 5.74. The molecule has 0 radical (unpaired) electrons. The van der Waals surface area contributed by atoms with E-state index in [1.54, 1.807) is 6.07 Å². The van der Waals surface area contributed by atoms with Crippen LogP contribution in [0.4, 0.5) is 13.2 Å². The van der Waals surface area contributed by atoms with E-state index in [4.69, 9.17) is 9.84 Å². The number of aliphatic hydroxyl groups excluding tert-OH is 1. The van der Waals surface area contributed by atoms with Crippen molar-refractivity contribution >= 4 is 15.9 Å². The molecular formula is C16H20BrF3O2. The maximum atomic E-state index is 13.1. The van der Waals surface area contributed by atoms with Crippen molar-refractivity contribution < 1.29 is 23.0 Å². The molecule has 1 aliphatic carbocycles. The Labute approximate surface area is 136 Å². The van der Waals surface area contributed by atoms with E-state index in [0.717, 1.165) is 38.5 Å². The summed E-state index contributed by atoms with van der Waals surface area (Å²) in [6.45, 7) is 0.198. The van der Waals surface area contributed by atoms with Gasteiger partial charge in [-0.2, -0.15) is 13.2 Å². The molecule has 1 saturated carbocycles. The van der Waals surface area contributed by atoms with Crippen molar-refractivity contribution in [1.82, 2.24) is 0 Å². The minimum atomic E-state index is -4.44. The van der Waals surface area contributed by atoms with Gasteiger partial charge in [0.15, 0.2) is 0 Å². The zero-order chi connectivity index (χ0) is 16.2. The van der Waals surface area contributed by atoms with Crippen LogP contribution in [0.3, 0.4) is 0 Å². The third-order valence-corrected chi connectivity index (χ3v) is 4.78. The van der Waals surface area contributed by atoms with Gasteiger partial charge in [0.2, 0.25) is 0 Å². The SMILES string of the molecule is OCCC[C@H]1CC[C@H](Oc2cccc(Br)c2C(F)(F)F)CC1. The smallest absolute Gasteiger partial charge is 0.421 e. The van der Waals surface area contributed by atoms with Gasteiger partial charge in [0.05, 0.1) is 6.10 Å². The predicted molar refractivity (Wildman–Crippen MR) is 81.8 cm³/mol. The van der Waals surface area contributed by atoms with Gasteiger partial charge in [0.1, 0.15) is 11.3 Å². The highest BCUT2D eigenvalue weighted by Gasteiger charge is 2.37. The first-order valence-corrected chi connectivity index (χ1v) is 8.34. The van der Waals surface area contributed by atoms with Crippen molar-refractivity contribution in [2.45, 2.75) is 50.8 Å². The molecule has 0 amide bonds. The fourth-order valence-corrected chi connectivity index (χ4v) is 3.55. The van der Waals surface area contributed by atoms with Gasteiger partial charge < -0.3 is 9.84 Å². The van der Waals surface area contributed by atoms with Crippen molar-refractivity contribution in [3.8, 4) is 5.75 Å². The van der Waals surface area contributed by atoms with Crippen LogP contribution in [0.25, 0.3) is 0 Å². The minimum absolute atomic E-state index is 0.00846. The standard InChI is InChI=1S/C16H20BrF3O2/c17-13-4-1-5-14(15(13)16(18,19)20)22-12-8-6-11(7-9-12)3-2-10-21/h1,4-5,11-12,21H,2-3,6-10H2/t11-,12-. The monoisotopic (exact) mass is 380 g/mol. The fraction of sp³-hybridized carbons (Fsp3) is 0.625. The van der Waals surface area contributed by atoms with Crippen molar-refractivity contribution in [3.63, 3.8) is 0 Å². The largest absolute Gasteiger partial charge is 0.490 e. The quantitative estimate of drug-likeness (QED) is 0.762. The van der Waals surface area contributed by atoms with Gasteiger partial charge >= 0.3 is 6.18 Å². The van der Waals surface area contributed by atoms with Gasteiger partial charge in [-0.1, -0.05) is 22.0 Å². The lowest BCUT2D eigenvalue weighted by atomic mass is 9.84. The summed E-state index contributed by atoms with van der Waals surface area (Å²) in [4.78, 5) is 0. The van der Waals surface area contributed by atoms with Crippen LogP contribution in [0.2, 0.25) is 0 Å². The molecule has 124 valence electrons. The van der Waals surface area contributed by atoms with E-state index >= 15 is 0 Å². The number of rotatable bonds is 5. The Morgan fingerprint density at radius 3 is 2.45 bits per heavy atom. The predicted octanol–water partition coefficient (Wildman–Crippen LogP) is 5.18. The average Bonchev–Trinajstić information content (AvgIpc) is 2.45. The highest BCUT2D eigenvalue weighted by atomic mass is 79.9. The van der Waals surface area contributed by atoms with Gasteiger partial charge in [0.25, 0.3) is 0 Å². The zero-order valence-electron chi connectivity index (χ0n) is 12.2. The normalized spacial score (nSPS) is 22.6. The van der Waals surface area contributed by atoms with Crippen LogP contribution in [-0.4, -0.2) is 17.8 Å². The van der Waals surface area contributed by atoms with Crippen LogP contribution >= 0.6 is 15.9 Å². The maximum Gasteiger partial charge on any atom is 0.421 e. The van der Waals surface area contributed by atoms with Crippen LogP contribution < -0.4 is 4.74 Å². The fourth-order valence-electron chi connectivity index (χ4n) is 2.98. The molecule has 22 heavy (non-hydrogen) atoms. The summed E-state index contributed by atoms with van der Waals surface area (Å²) in [6, 6.07) is 4.31. The Kier molecular flexibility index (Phi) is 6.15. The van der Waals surface area contributed by atoms with Crippen molar-refractivity contribution in [2.75, 3.05) is 6.61 Å². The van der Waals surface area contributed by atoms with Gasteiger partial charge in [0, 0.05) is 11.1 Å². The third kappa shape index (κ3) is 4.62. The Balaban J connectivity index is 2.00.